The Labute approximate surface area is 173 Å². The van der Waals surface area contributed by atoms with Gasteiger partial charge >= 0.3 is 0 Å². The third-order valence-corrected chi connectivity index (χ3v) is 5.34. The molecule has 0 unspecified atom stereocenters. The van der Waals surface area contributed by atoms with Crippen LogP contribution >= 0.6 is 11.3 Å². The highest BCUT2D eigenvalue weighted by Crippen LogP contribution is 2.30. The van der Waals surface area contributed by atoms with Crippen molar-refractivity contribution < 1.29 is 4.74 Å². The predicted molar refractivity (Wildman–Crippen MR) is 121 cm³/mol. The number of fused-ring (bicyclic) bond motifs is 1. The first kappa shape index (κ1) is 19.0. The molecule has 4 rings (SSSR count). The number of hydrogen-bond donors (Lipinski definition) is 1. The van der Waals surface area contributed by atoms with E-state index in [2.05, 4.69) is 34.1 Å². The van der Waals surface area contributed by atoms with Crippen LogP contribution in [0.3, 0.4) is 0 Å². The summed E-state index contributed by atoms with van der Waals surface area (Å²) in [4.78, 5) is 8.78. The van der Waals surface area contributed by atoms with Crippen LogP contribution in [0.5, 0.6) is 5.75 Å². The monoisotopic (exact) mass is 402 g/mol. The van der Waals surface area contributed by atoms with Gasteiger partial charge in [0.1, 0.15) is 5.75 Å². The van der Waals surface area contributed by atoms with E-state index < -0.39 is 0 Å². The van der Waals surface area contributed by atoms with Gasteiger partial charge in [-0.3, -0.25) is 4.99 Å². The smallest absolute Gasteiger partial charge is 0.206 e. The van der Waals surface area contributed by atoms with Crippen molar-refractivity contribution >= 4 is 28.5 Å². The van der Waals surface area contributed by atoms with Gasteiger partial charge in [-0.1, -0.05) is 42.5 Å². The highest BCUT2D eigenvalue weighted by molar-refractivity contribution is 7.07. The fourth-order valence-corrected chi connectivity index (χ4v) is 3.91. The lowest BCUT2D eigenvalue weighted by atomic mass is 10.1. The highest BCUT2D eigenvalue weighted by atomic mass is 32.1. The van der Waals surface area contributed by atoms with Gasteiger partial charge in [-0.2, -0.15) is 5.10 Å². The molecule has 146 valence electrons. The number of rotatable bonds is 6. The number of nitrogens with one attached hydrogen (secondary N) is 1. The van der Waals surface area contributed by atoms with Crippen LogP contribution < -0.4 is 9.54 Å². The lowest BCUT2D eigenvalue weighted by Crippen LogP contribution is -2.13. The van der Waals surface area contributed by atoms with Crippen LogP contribution in [0, 0.1) is 0 Å². The summed E-state index contributed by atoms with van der Waals surface area (Å²) in [6, 6.07) is 16.1. The minimum atomic E-state index is 0.564. The first-order valence-corrected chi connectivity index (χ1v) is 10.1. The van der Waals surface area contributed by atoms with Crippen molar-refractivity contribution in [2.45, 2.75) is 6.92 Å². The van der Waals surface area contributed by atoms with Gasteiger partial charge in [0.15, 0.2) is 0 Å². The van der Waals surface area contributed by atoms with Crippen molar-refractivity contribution in [1.82, 2.24) is 9.66 Å². The molecule has 0 atom stereocenters. The average Bonchev–Trinajstić information content (AvgIpc) is 3.34. The maximum Gasteiger partial charge on any atom is 0.206 e. The van der Waals surface area contributed by atoms with E-state index >= 15 is 0 Å². The molecule has 0 spiro atoms. The lowest BCUT2D eigenvalue weighted by Gasteiger charge is -2.08. The van der Waals surface area contributed by atoms with Crippen molar-refractivity contribution in [2.24, 2.45) is 10.1 Å². The molecular formula is C23H22N4OS. The first-order valence-electron chi connectivity index (χ1n) is 9.26. The van der Waals surface area contributed by atoms with E-state index in [0.717, 1.165) is 43.8 Å². The number of benzene rings is 2. The second-order valence-corrected chi connectivity index (χ2v) is 7.56. The second-order valence-electron chi connectivity index (χ2n) is 6.72. The molecule has 6 heteroatoms. The predicted octanol–water partition coefficient (Wildman–Crippen LogP) is 5.07. The Morgan fingerprint density at radius 3 is 2.83 bits per heavy atom. The molecule has 2 heterocycles. The summed E-state index contributed by atoms with van der Waals surface area (Å²) in [5.41, 5.74) is 5.02. The van der Waals surface area contributed by atoms with Crippen LogP contribution in [0.4, 0.5) is 0 Å². The molecule has 0 saturated heterocycles. The summed E-state index contributed by atoms with van der Waals surface area (Å²) in [6.07, 6.45) is 3.83. The van der Waals surface area contributed by atoms with Crippen LogP contribution in [0.15, 0.2) is 82.4 Å². The number of para-hydroxylation sites is 2. The van der Waals surface area contributed by atoms with Gasteiger partial charge in [0.2, 0.25) is 4.80 Å². The van der Waals surface area contributed by atoms with E-state index in [1.807, 2.05) is 60.4 Å². The second kappa shape index (κ2) is 8.32. The van der Waals surface area contributed by atoms with Crippen molar-refractivity contribution in [3.63, 3.8) is 0 Å². The lowest BCUT2D eigenvalue weighted by molar-refractivity contribution is 0.416. The standard InChI is InChI=1S/C23H22N4OS/c1-16(2)12-25-23-27(21(15-29-23)19-9-5-7-11-22(19)28-3)26-14-17-13-24-20-10-6-4-8-18(17)20/h4-11,13-15,24H,1,12H2,2-3H3. The average molecular weight is 403 g/mol. The molecule has 0 aliphatic carbocycles. The number of ether oxygens (including phenoxy) is 1. The number of thiazole rings is 1. The molecular weight excluding hydrogens is 380 g/mol. The Balaban J connectivity index is 1.84. The summed E-state index contributed by atoms with van der Waals surface area (Å²) < 4.78 is 7.43. The quantitative estimate of drug-likeness (QED) is 0.355. The number of aromatic amines is 1. The third-order valence-electron chi connectivity index (χ3n) is 4.49. The molecule has 29 heavy (non-hydrogen) atoms. The van der Waals surface area contributed by atoms with Gasteiger partial charge in [-0.15, -0.1) is 11.3 Å². The van der Waals surface area contributed by atoms with Gasteiger partial charge in [-0.05, 0) is 25.1 Å². The van der Waals surface area contributed by atoms with Gasteiger partial charge in [0, 0.05) is 33.6 Å². The number of hydrogen-bond acceptors (Lipinski definition) is 4. The number of nitrogens with zero attached hydrogens (tertiary/aromatic N) is 3. The Morgan fingerprint density at radius 1 is 1.21 bits per heavy atom. The van der Waals surface area contributed by atoms with Gasteiger partial charge < -0.3 is 9.72 Å². The zero-order valence-corrected chi connectivity index (χ0v) is 17.2. The minimum Gasteiger partial charge on any atom is -0.496 e. The Kier molecular flexibility index (Phi) is 5.44. The molecule has 1 N–H and O–H groups in total. The van der Waals surface area contributed by atoms with Crippen LogP contribution in [0.1, 0.15) is 12.5 Å². The van der Waals surface area contributed by atoms with Crippen LogP contribution in [0.25, 0.3) is 22.2 Å². The Hall–Kier alpha value is -3.38. The molecule has 5 nitrogen and oxygen atoms in total. The Morgan fingerprint density at radius 2 is 2.00 bits per heavy atom. The molecule has 4 aromatic rings. The van der Waals surface area contributed by atoms with Crippen molar-refractivity contribution in [3.05, 3.63) is 82.6 Å². The summed E-state index contributed by atoms with van der Waals surface area (Å²) in [5.74, 6) is 0.799. The molecule has 0 aliphatic heterocycles. The fourth-order valence-electron chi connectivity index (χ4n) is 3.08. The van der Waals surface area contributed by atoms with Crippen molar-refractivity contribution in [1.29, 1.82) is 0 Å². The van der Waals surface area contributed by atoms with Crippen LogP contribution in [-0.2, 0) is 0 Å². The van der Waals surface area contributed by atoms with Gasteiger partial charge in [-0.25, -0.2) is 4.68 Å². The molecule has 0 amide bonds. The molecule has 2 aromatic carbocycles. The molecule has 0 fully saturated rings. The van der Waals surface area contributed by atoms with E-state index in [-0.39, 0.29) is 0 Å². The summed E-state index contributed by atoms with van der Waals surface area (Å²) >= 11 is 1.55. The van der Waals surface area contributed by atoms with Crippen molar-refractivity contribution in [2.75, 3.05) is 13.7 Å². The van der Waals surface area contributed by atoms with Gasteiger partial charge in [0.25, 0.3) is 0 Å². The van der Waals surface area contributed by atoms with Crippen LogP contribution in [-0.4, -0.2) is 29.5 Å². The molecule has 2 aromatic heterocycles. The maximum absolute atomic E-state index is 5.56. The normalized spacial score (nSPS) is 12.1. The molecule has 0 aliphatic rings. The van der Waals surface area contributed by atoms with E-state index in [9.17, 15) is 0 Å². The third kappa shape index (κ3) is 3.93. The van der Waals surface area contributed by atoms with E-state index in [0.29, 0.717) is 6.54 Å². The topological polar surface area (TPSA) is 54.7 Å². The van der Waals surface area contributed by atoms with E-state index in [4.69, 9.17) is 9.84 Å². The van der Waals surface area contributed by atoms with Crippen LogP contribution in [0.2, 0.25) is 0 Å². The summed E-state index contributed by atoms with van der Waals surface area (Å²) in [6.45, 7) is 6.49. The number of aromatic nitrogens is 2. The molecule has 0 bridgehead atoms. The highest BCUT2D eigenvalue weighted by Gasteiger charge is 2.12. The molecule has 0 radical (unpaired) electrons. The summed E-state index contributed by atoms with van der Waals surface area (Å²) in [5, 5.41) is 7.98. The summed E-state index contributed by atoms with van der Waals surface area (Å²) in [7, 11) is 1.68. The Bertz CT molecular complexity index is 1260. The molecule has 0 saturated carbocycles. The largest absolute Gasteiger partial charge is 0.496 e. The maximum atomic E-state index is 5.56. The number of H-pyrrole nitrogens is 1. The number of methoxy groups -OCH3 is 1. The SMILES string of the molecule is C=C(C)CN=c1scc(-c2ccccc2OC)n1N=Cc1c[nH]c2ccccc12. The minimum absolute atomic E-state index is 0.564. The zero-order valence-electron chi connectivity index (χ0n) is 16.4. The first-order chi connectivity index (χ1) is 14.2. The van der Waals surface area contributed by atoms with Gasteiger partial charge in [0.05, 0.1) is 25.6 Å². The van der Waals surface area contributed by atoms with E-state index in [1.165, 1.54) is 0 Å². The van der Waals surface area contributed by atoms with E-state index in [1.54, 1.807) is 18.4 Å². The van der Waals surface area contributed by atoms with Crippen molar-refractivity contribution in [3.8, 4) is 17.0 Å². The fraction of sp³-hybridized carbons (Fsp3) is 0.130. The zero-order chi connectivity index (χ0) is 20.2.